The van der Waals surface area contributed by atoms with Crippen molar-refractivity contribution in [2.24, 2.45) is 0 Å². The van der Waals surface area contributed by atoms with Crippen LogP contribution >= 0.6 is 0 Å². The fourth-order valence-corrected chi connectivity index (χ4v) is 2.66. The minimum Gasteiger partial charge on any atom is -0.496 e. The molecule has 3 rings (SSSR count). The zero-order valence-electron chi connectivity index (χ0n) is 15.0. The lowest BCUT2D eigenvalue weighted by Crippen LogP contribution is -2.28. The number of amides is 1. The van der Waals surface area contributed by atoms with Crippen LogP contribution in [0.2, 0.25) is 0 Å². The van der Waals surface area contributed by atoms with Crippen molar-refractivity contribution in [2.45, 2.75) is 13.0 Å². The van der Waals surface area contributed by atoms with Crippen LogP contribution in [0.1, 0.15) is 11.1 Å². The molecule has 2 aromatic rings. The second-order valence-electron chi connectivity index (χ2n) is 5.90. The number of methoxy groups -OCH3 is 1. The maximum absolute atomic E-state index is 12.0. The quantitative estimate of drug-likeness (QED) is 0.748. The molecule has 2 aromatic carbocycles. The second kappa shape index (κ2) is 8.93. The summed E-state index contributed by atoms with van der Waals surface area (Å²) in [6.45, 7) is 0.951. The summed E-state index contributed by atoms with van der Waals surface area (Å²) in [5, 5.41) is 2.70. The molecule has 0 aliphatic carbocycles. The Morgan fingerprint density at radius 1 is 1.07 bits per heavy atom. The molecule has 0 fully saturated rings. The molecule has 0 aromatic heterocycles. The number of ether oxygens (including phenoxy) is 4. The second-order valence-corrected chi connectivity index (χ2v) is 5.90. The van der Waals surface area contributed by atoms with Gasteiger partial charge >= 0.3 is 5.97 Å². The van der Waals surface area contributed by atoms with Crippen molar-refractivity contribution in [3.8, 4) is 17.2 Å². The van der Waals surface area contributed by atoms with Gasteiger partial charge < -0.3 is 24.3 Å². The summed E-state index contributed by atoms with van der Waals surface area (Å²) in [4.78, 5) is 23.9. The molecule has 0 spiro atoms. The maximum Gasteiger partial charge on any atom is 0.310 e. The smallest absolute Gasteiger partial charge is 0.310 e. The van der Waals surface area contributed by atoms with Crippen LogP contribution in [0.3, 0.4) is 0 Å². The van der Waals surface area contributed by atoms with Crippen LogP contribution in [0.15, 0.2) is 42.5 Å². The Bertz CT molecular complexity index is 820. The Labute approximate surface area is 157 Å². The number of rotatable bonds is 7. The first-order valence-corrected chi connectivity index (χ1v) is 8.58. The molecular formula is C20H21NO6. The lowest BCUT2D eigenvalue weighted by Gasteiger charge is -2.18. The molecule has 1 amide bonds. The van der Waals surface area contributed by atoms with E-state index in [1.54, 1.807) is 25.3 Å². The van der Waals surface area contributed by atoms with E-state index in [2.05, 4.69) is 5.32 Å². The van der Waals surface area contributed by atoms with Gasteiger partial charge in [-0.3, -0.25) is 9.59 Å². The summed E-state index contributed by atoms with van der Waals surface area (Å²) in [5.74, 6) is 1.10. The largest absolute Gasteiger partial charge is 0.496 e. The molecular weight excluding hydrogens is 350 g/mol. The minimum atomic E-state index is -0.487. The maximum atomic E-state index is 12.0. The van der Waals surface area contributed by atoms with E-state index in [9.17, 15) is 9.59 Å². The zero-order valence-corrected chi connectivity index (χ0v) is 15.0. The summed E-state index contributed by atoms with van der Waals surface area (Å²) in [7, 11) is 1.57. The van der Waals surface area contributed by atoms with Crippen molar-refractivity contribution >= 4 is 11.9 Å². The highest BCUT2D eigenvalue weighted by molar-refractivity contribution is 5.81. The number of esters is 1. The van der Waals surface area contributed by atoms with Crippen LogP contribution in [-0.4, -0.2) is 38.8 Å². The number of carbonyl (C=O) groups excluding carboxylic acids is 2. The normalized spacial score (nSPS) is 12.2. The third kappa shape index (κ3) is 5.13. The van der Waals surface area contributed by atoms with Crippen LogP contribution in [0.4, 0.5) is 0 Å². The Hall–Kier alpha value is -3.22. The number of hydrogen-bond donors (Lipinski definition) is 1. The third-order valence-electron chi connectivity index (χ3n) is 3.99. The van der Waals surface area contributed by atoms with E-state index in [1.165, 1.54) is 0 Å². The van der Waals surface area contributed by atoms with Crippen molar-refractivity contribution in [2.75, 3.05) is 26.9 Å². The lowest BCUT2D eigenvalue weighted by molar-refractivity contribution is -0.147. The van der Waals surface area contributed by atoms with E-state index >= 15 is 0 Å². The summed E-state index contributed by atoms with van der Waals surface area (Å²) in [6, 6.07) is 12.7. The minimum absolute atomic E-state index is 0.0520. The van der Waals surface area contributed by atoms with E-state index in [1.807, 2.05) is 24.3 Å². The summed E-state index contributed by atoms with van der Waals surface area (Å²) < 4.78 is 21.2. The van der Waals surface area contributed by atoms with Crippen molar-refractivity contribution in [1.82, 2.24) is 5.32 Å². The van der Waals surface area contributed by atoms with E-state index in [-0.39, 0.29) is 18.9 Å². The standard InChI is InChI=1S/C20H21NO6/c1-24-16-5-3-2-4-15(16)12-21-19(22)13-27-20(23)11-14-6-7-17-18(10-14)26-9-8-25-17/h2-7,10H,8-9,11-13H2,1H3,(H,21,22). The highest BCUT2D eigenvalue weighted by atomic mass is 16.6. The van der Waals surface area contributed by atoms with Gasteiger partial charge in [0.25, 0.3) is 5.91 Å². The van der Waals surface area contributed by atoms with Crippen LogP contribution in [0.25, 0.3) is 0 Å². The van der Waals surface area contributed by atoms with Crippen molar-refractivity contribution < 1.29 is 28.5 Å². The monoisotopic (exact) mass is 371 g/mol. The topological polar surface area (TPSA) is 83.1 Å². The number of benzene rings is 2. The third-order valence-corrected chi connectivity index (χ3v) is 3.99. The van der Waals surface area contributed by atoms with E-state index < -0.39 is 5.97 Å². The summed E-state index contributed by atoms with van der Waals surface area (Å²) >= 11 is 0. The molecule has 0 atom stereocenters. The van der Waals surface area contributed by atoms with Gasteiger partial charge in [-0.25, -0.2) is 0 Å². The van der Waals surface area contributed by atoms with Crippen LogP contribution in [-0.2, 0) is 27.3 Å². The number of para-hydroxylation sites is 1. The zero-order chi connectivity index (χ0) is 19.1. The molecule has 7 nitrogen and oxygen atoms in total. The molecule has 0 unspecified atom stereocenters. The first-order chi connectivity index (χ1) is 13.2. The Kier molecular flexibility index (Phi) is 6.14. The Morgan fingerprint density at radius 2 is 1.85 bits per heavy atom. The Morgan fingerprint density at radius 3 is 2.67 bits per heavy atom. The summed E-state index contributed by atoms with van der Waals surface area (Å²) in [6.07, 6.45) is 0.0520. The molecule has 7 heteroatoms. The first kappa shape index (κ1) is 18.6. The van der Waals surface area contributed by atoms with E-state index in [4.69, 9.17) is 18.9 Å². The van der Waals surface area contributed by atoms with Gasteiger partial charge in [0.1, 0.15) is 19.0 Å². The predicted molar refractivity (Wildman–Crippen MR) is 96.9 cm³/mol. The molecule has 1 aliphatic rings. The number of hydrogen-bond acceptors (Lipinski definition) is 6. The molecule has 1 N–H and O–H groups in total. The average Bonchev–Trinajstić information content (AvgIpc) is 2.70. The molecule has 1 aliphatic heterocycles. The van der Waals surface area contributed by atoms with Crippen molar-refractivity contribution in [1.29, 1.82) is 0 Å². The van der Waals surface area contributed by atoms with Crippen LogP contribution < -0.4 is 19.5 Å². The number of carbonyl (C=O) groups is 2. The van der Waals surface area contributed by atoms with E-state index in [0.717, 1.165) is 11.1 Å². The molecule has 0 bridgehead atoms. The van der Waals surface area contributed by atoms with Gasteiger partial charge in [-0.1, -0.05) is 24.3 Å². The average molecular weight is 371 g/mol. The molecule has 142 valence electrons. The highest BCUT2D eigenvalue weighted by Gasteiger charge is 2.14. The van der Waals surface area contributed by atoms with Gasteiger partial charge in [0.15, 0.2) is 18.1 Å². The predicted octanol–water partition coefficient (Wildman–Crippen LogP) is 1.87. The molecule has 27 heavy (non-hydrogen) atoms. The summed E-state index contributed by atoms with van der Waals surface area (Å²) in [5.41, 5.74) is 1.58. The first-order valence-electron chi connectivity index (χ1n) is 8.58. The van der Waals surface area contributed by atoms with Crippen LogP contribution in [0, 0.1) is 0 Å². The van der Waals surface area contributed by atoms with Gasteiger partial charge in [-0.2, -0.15) is 0 Å². The number of nitrogens with one attached hydrogen (secondary N) is 1. The van der Waals surface area contributed by atoms with Crippen molar-refractivity contribution in [3.63, 3.8) is 0 Å². The number of fused-ring (bicyclic) bond motifs is 1. The van der Waals surface area contributed by atoms with Gasteiger partial charge in [0.05, 0.1) is 13.5 Å². The molecule has 0 saturated carbocycles. The van der Waals surface area contributed by atoms with Gasteiger partial charge in [0.2, 0.25) is 0 Å². The van der Waals surface area contributed by atoms with Gasteiger partial charge in [-0.15, -0.1) is 0 Å². The van der Waals surface area contributed by atoms with Crippen molar-refractivity contribution in [3.05, 3.63) is 53.6 Å². The fourth-order valence-electron chi connectivity index (χ4n) is 2.66. The SMILES string of the molecule is COc1ccccc1CNC(=O)COC(=O)Cc1ccc2c(c1)OCCO2. The van der Waals surface area contributed by atoms with Crippen LogP contribution in [0.5, 0.6) is 17.2 Å². The van der Waals surface area contributed by atoms with E-state index in [0.29, 0.717) is 37.0 Å². The van der Waals surface area contributed by atoms with Gasteiger partial charge in [0, 0.05) is 12.1 Å². The fraction of sp³-hybridized carbons (Fsp3) is 0.300. The molecule has 1 heterocycles. The lowest BCUT2D eigenvalue weighted by atomic mass is 10.1. The molecule has 0 saturated heterocycles. The highest BCUT2D eigenvalue weighted by Crippen LogP contribution is 2.30. The molecule has 0 radical (unpaired) electrons. The Balaban J connectivity index is 1.44. The van der Waals surface area contributed by atoms with Gasteiger partial charge in [-0.05, 0) is 23.8 Å².